The van der Waals surface area contributed by atoms with Crippen molar-refractivity contribution in [1.29, 1.82) is 0 Å². The largest absolute Gasteiger partial charge is 0.396 e. The average molecular weight is 289 g/mol. The molecule has 0 spiro atoms. The molecule has 0 aliphatic carbocycles. The molecule has 106 valence electrons. The van der Waals surface area contributed by atoms with Crippen LogP contribution >= 0.6 is 0 Å². The Bertz CT molecular complexity index is 614. The van der Waals surface area contributed by atoms with Crippen LogP contribution < -0.4 is 15.8 Å². The molecule has 0 heterocycles. The molecule has 0 saturated carbocycles. The van der Waals surface area contributed by atoms with Gasteiger partial charge in [-0.3, -0.25) is 4.79 Å². The number of hydrogen-bond acceptors (Lipinski definition) is 4. The van der Waals surface area contributed by atoms with Crippen LogP contribution in [0, 0.1) is 19.7 Å². The van der Waals surface area contributed by atoms with Crippen molar-refractivity contribution in [1.82, 2.24) is 10.0 Å². The fraction of sp³-hybridized carbons (Fsp3) is 0.364. The van der Waals surface area contributed by atoms with E-state index in [9.17, 15) is 17.6 Å². The molecule has 1 aromatic carbocycles. The molecule has 0 bridgehead atoms. The topological polar surface area (TPSA) is 101 Å². The molecule has 6 nitrogen and oxygen atoms in total. The quantitative estimate of drug-likeness (QED) is 0.682. The van der Waals surface area contributed by atoms with Gasteiger partial charge in [-0.15, -0.1) is 0 Å². The van der Waals surface area contributed by atoms with Gasteiger partial charge in [0.05, 0.1) is 17.1 Å². The standard InChI is InChI=1S/C11H16FN3O3S/c1-6-4-8(12)10(13)7(2)11(6)19(17,18)15-5-9(16)14-3/h4,15H,5,13H2,1-3H3,(H,14,16). The number of carbonyl (C=O) groups excluding carboxylic acids is 1. The lowest BCUT2D eigenvalue weighted by Gasteiger charge is -2.14. The number of nitrogens with two attached hydrogens (primary N) is 1. The Balaban J connectivity index is 3.22. The summed E-state index contributed by atoms with van der Waals surface area (Å²) in [6.07, 6.45) is 0. The second-order valence-electron chi connectivity index (χ2n) is 4.04. The highest BCUT2D eigenvalue weighted by molar-refractivity contribution is 7.89. The zero-order valence-electron chi connectivity index (χ0n) is 10.9. The molecule has 1 aromatic rings. The Morgan fingerprint density at radius 3 is 2.53 bits per heavy atom. The Kier molecular flexibility index (Phi) is 4.48. The van der Waals surface area contributed by atoms with Gasteiger partial charge < -0.3 is 11.1 Å². The maximum Gasteiger partial charge on any atom is 0.241 e. The molecule has 0 aliphatic rings. The van der Waals surface area contributed by atoms with Crippen LogP contribution in [0.3, 0.4) is 0 Å². The van der Waals surface area contributed by atoms with Crippen molar-refractivity contribution in [2.45, 2.75) is 18.7 Å². The second-order valence-corrected chi connectivity index (χ2v) is 5.74. The van der Waals surface area contributed by atoms with Crippen LogP contribution in [0.15, 0.2) is 11.0 Å². The van der Waals surface area contributed by atoms with Gasteiger partial charge in [0, 0.05) is 7.05 Å². The fourth-order valence-electron chi connectivity index (χ4n) is 1.67. The van der Waals surface area contributed by atoms with Crippen LogP contribution in [0.1, 0.15) is 11.1 Å². The van der Waals surface area contributed by atoms with Crippen molar-refractivity contribution in [3.8, 4) is 0 Å². The molecular formula is C11H16FN3O3S. The van der Waals surface area contributed by atoms with Crippen molar-refractivity contribution in [3.63, 3.8) is 0 Å². The minimum atomic E-state index is -3.92. The first-order chi connectivity index (χ1) is 8.70. The van der Waals surface area contributed by atoms with E-state index < -0.39 is 28.3 Å². The van der Waals surface area contributed by atoms with Crippen LogP contribution in [-0.4, -0.2) is 27.9 Å². The van der Waals surface area contributed by atoms with Gasteiger partial charge in [-0.05, 0) is 31.0 Å². The van der Waals surface area contributed by atoms with E-state index in [4.69, 9.17) is 5.73 Å². The monoisotopic (exact) mass is 289 g/mol. The highest BCUT2D eigenvalue weighted by Gasteiger charge is 2.23. The molecule has 0 aliphatic heterocycles. The molecule has 0 unspecified atom stereocenters. The number of aryl methyl sites for hydroxylation is 1. The third-order valence-electron chi connectivity index (χ3n) is 2.67. The number of carbonyl (C=O) groups is 1. The summed E-state index contributed by atoms with van der Waals surface area (Å²) in [5, 5.41) is 2.29. The summed E-state index contributed by atoms with van der Waals surface area (Å²) in [6.45, 7) is 2.48. The van der Waals surface area contributed by atoms with Crippen molar-refractivity contribution < 1.29 is 17.6 Å². The van der Waals surface area contributed by atoms with Gasteiger partial charge in [-0.2, -0.15) is 0 Å². The molecule has 0 aromatic heterocycles. The van der Waals surface area contributed by atoms with Crippen molar-refractivity contribution in [3.05, 3.63) is 23.0 Å². The summed E-state index contributed by atoms with van der Waals surface area (Å²) in [5.41, 5.74) is 5.62. The van der Waals surface area contributed by atoms with Crippen molar-refractivity contribution in [2.24, 2.45) is 0 Å². The van der Waals surface area contributed by atoms with Gasteiger partial charge in [0.2, 0.25) is 15.9 Å². The lowest BCUT2D eigenvalue weighted by atomic mass is 10.1. The number of likely N-dealkylation sites (N-methyl/N-ethyl adjacent to an activating group) is 1. The second kappa shape index (κ2) is 5.54. The van der Waals surface area contributed by atoms with E-state index in [1.54, 1.807) is 0 Å². The molecule has 0 saturated heterocycles. The zero-order valence-corrected chi connectivity index (χ0v) is 11.7. The van der Waals surface area contributed by atoms with Crippen LogP contribution in [0.5, 0.6) is 0 Å². The van der Waals surface area contributed by atoms with Gasteiger partial charge in [-0.1, -0.05) is 0 Å². The summed E-state index contributed by atoms with van der Waals surface area (Å²) < 4.78 is 39.7. The van der Waals surface area contributed by atoms with E-state index in [1.165, 1.54) is 20.9 Å². The van der Waals surface area contributed by atoms with E-state index in [-0.39, 0.29) is 21.7 Å². The minimum absolute atomic E-state index is 0.102. The molecule has 8 heteroatoms. The van der Waals surface area contributed by atoms with E-state index in [0.29, 0.717) is 0 Å². The van der Waals surface area contributed by atoms with Gasteiger partial charge in [0.1, 0.15) is 5.82 Å². The first-order valence-electron chi connectivity index (χ1n) is 5.46. The Hall–Kier alpha value is -1.67. The lowest BCUT2D eigenvalue weighted by Crippen LogP contribution is -2.35. The summed E-state index contributed by atoms with van der Waals surface area (Å²) in [5.74, 6) is -1.14. The number of hydrogen-bond donors (Lipinski definition) is 3. The minimum Gasteiger partial charge on any atom is -0.396 e. The first kappa shape index (κ1) is 15.4. The highest BCUT2D eigenvalue weighted by Crippen LogP contribution is 2.27. The Morgan fingerprint density at radius 1 is 1.42 bits per heavy atom. The number of benzene rings is 1. The highest BCUT2D eigenvalue weighted by atomic mass is 32.2. The molecule has 1 amide bonds. The maximum atomic E-state index is 13.4. The SMILES string of the molecule is CNC(=O)CNS(=O)(=O)c1c(C)cc(F)c(N)c1C. The Labute approximate surface area is 111 Å². The summed E-state index contributed by atoms with van der Waals surface area (Å²) in [4.78, 5) is 11.0. The van der Waals surface area contributed by atoms with E-state index in [2.05, 4.69) is 10.0 Å². The molecule has 1 rings (SSSR count). The van der Waals surface area contributed by atoms with Crippen molar-refractivity contribution >= 4 is 21.6 Å². The van der Waals surface area contributed by atoms with Crippen LogP contribution in [0.25, 0.3) is 0 Å². The zero-order chi connectivity index (χ0) is 14.8. The van der Waals surface area contributed by atoms with Gasteiger partial charge in [0.25, 0.3) is 0 Å². The van der Waals surface area contributed by atoms with Crippen molar-refractivity contribution in [2.75, 3.05) is 19.3 Å². The molecule has 0 radical (unpaired) electrons. The van der Waals surface area contributed by atoms with E-state index >= 15 is 0 Å². The number of nitrogens with one attached hydrogen (secondary N) is 2. The average Bonchev–Trinajstić information content (AvgIpc) is 2.33. The first-order valence-corrected chi connectivity index (χ1v) is 6.94. The molecular weight excluding hydrogens is 273 g/mol. The number of amides is 1. The summed E-state index contributed by atoms with van der Waals surface area (Å²) >= 11 is 0. The smallest absolute Gasteiger partial charge is 0.241 e. The predicted octanol–water partition coefficient (Wildman–Crippen LogP) is 0.0490. The summed E-state index contributed by atoms with van der Waals surface area (Å²) in [7, 11) is -2.53. The molecule has 0 atom stereocenters. The number of nitrogen functional groups attached to an aromatic ring is 1. The number of rotatable bonds is 4. The number of anilines is 1. The van der Waals surface area contributed by atoms with Gasteiger partial charge in [-0.25, -0.2) is 17.5 Å². The molecule has 4 N–H and O–H groups in total. The maximum absolute atomic E-state index is 13.4. The molecule has 19 heavy (non-hydrogen) atoms. The lowest BCUT2D eigenvalue weighted by molar-refractivity contribution is -0.119. The predicted molar refractivity (Wildman–Crippen MR) is 69.5 cm³/mol. The van der Waals surface area contributed by atoms with Crippen LogP contribution in [0.2, 0.25) is 0 Å². The Morgan fingerprint density at radius 2 is 2.00 bits per heavy atom. The van der Waals surface area contributed by atoms with Gasteiger partial charge >= 0.3 is 0 Å². The normalized spacial score (nSPS) is 11.4. The van der Waals surface area contributed by atoms with E-state index in [0.717, 1.165) is 6.07 Å². The third kappa shape index (κ3) is 3.21. The summed E-state index contributed by atoms with van der Waals surface area (Å²) in [6, 6.07) is 1.05. The number of sulfonamides is 1. The third-order valence-corrected chi connectivity index (χ3v) is 4.36. The molecule has 0 fully saturated rings. The van der Waals surface area contributed by atoms with Gasteiger partial charge in [0.15, 0.2) is 0 Å². The van der Waals surface area contributed by atoms with E-state index in [1.807, 2.05) is 0 Å². The van der Waals surface area contributed by atoms with Crippen LogP contribution in [0.4, 0.5) is 10.1 Å². The number of halogens is 1. The van der Waals surface area contributed by atoms with Crippen LogP contribution in [-0.2, 0) is 14.8 Å². The fourth-order valence-corrected chi connectivity index (χ4v) is 3.13.